The number of carbonyl (C=O) groups is 1. The second kappa shape index (κ2) is 6.03. The molecule has 1 amide bonds. The van der Waals surface area contributed by atoms with Gasteiger partial charge in [0.15, 0.2) is 5.82 Å². The van der Waals surface area contributed by atoms with Crippen LogP contribution in [-0.4, -0.2) is 44.5 Å². The van der Waals surface area contributed by atoms with Gasteiger partial charge in [-0.3, -0.25) is 4.79 Å². The number of aryl methyl sites for hydroxylation is 1. The molecule has 1 atom stereocenters. The number of amides is 1. The Morgan fingerprint density at radius 3 is 2.86 bits per heavy atom. The lowest BCUT2D eigenvalue weighted by Crippen LogP contribution is -2.39. The number of nitrogens with one attached hydrogen (secondary N) is 1. The standard InChI is InChI=1S/C15H19N5O/c1-2-11-5-7-12(8-6-11)15(21)20-9-3-4-13(10-20)14-16-18-19-17-14/h5-8,13H,2-4,9-10H2,1H3,(H,16,17,18,19)/t13-/m0/s1. The van der Waals surface area contributed by atoms with E-state index in [1.807, 2.05) is 29.2 Å². The van der Waals surface area contributed by atoms with Crippen LogP contribution < -0.4 is 0 Å². The molecule has 1 saturated heterocycles. The van der Waals surface area contributed by atoms with Crippen molar-refractivity contribution < 1.29 is 4.79 Å². The van der Waals surface area contributed by atoms with Gasteiger partial charge in [-0.15, -0.1) is 10.2 Å². The highest BCUT2D eigenvalue weighted by Crippen LogP contribution is 2.24. The minimum Gasteiger partial charge on any atom is -0.338 e. The highest BCUT2D eigenvalue weighted by atomic mass is 16.2. The molecule has 0 aliphatic carbocycles. The van der Waals surface area contributed by atoms with E-state index >= 15 is 0 Å². The van der Waals surface area contributed by atoms with Gasteiger partial charge in [-0.1, -0.05) is 24.3 Å². The second-order valence-corrected chi connectivity index (χ2v) is 5.41. The number of rotatable bonds is 3. The van der Waals surface area contributed by atoms with Crippen molar-refractivity contribution >= 4 is 5.91 Å². The van der Waals surface area contributed by atoms with E-state index in [1.54, 1.807) is 0 Å². The third-order valence-corrected chi connectivity index (χ3v) is 4.04. The van der Waals surface area contributed by atoms with E-state index in [0.29, 0.717) is 12.4 Å². The molecule has 1 N–H and O–H groups in total. The Morgan fingerprint density at radius 1 is 1.38 bits per heavy atom. The first-order valence-electron chi connectivity index (χ1n) is 7.39. The molecule has 0 unspecified atom stereocenters. The number of nitrogens with zero attached hydrogens (tertiary/aromatic N) is 4. The lowest BCUT2D eigenvalue weighted by atomic mass is 9.96. The number of benzene rings is 1. The van der Waals surface area contributed by atoms with Gasteiger partial charge in [-0.2, -0.15) is 5.21 Å². The number of hydrogen-bond acceptors (Lipinski definition) is 4. The van der Waals surface area contributed by atoms with Crippen LogP contribution >= 0.6 is 0 Å². The first kappa shape index (κ1) is 13.7. The molecule has 6 heteroatoms. The van der Waals surface area contributed by atoms with Gasteiger partial charge in [-0.25, -0.2) is 0 Å². The van der Waals surface area contributed by atoms with Crippen molar-refractivity contribution in [2.45, 2.75) is 32.1 Å². The van der Waals surface area contributed by atoms with Crippen molar-refractivity contribution in [2.75, 3.05) is 13.1 Å². The molecule has 1 aromatic heterocycles. The van der Waals surface area contributed by atoms with Crippen LogP contribution in [0.4, 0.5) is 0 Å². The number of piperidine rings is 1. The molecule has 110 valence electrons. The first-order chi connectivity index (χ1) is 10.3. The van der Waals surface area contributed by atoms with Crippen LogP contribution in [0, 0.1) is 0 Å². The highest BCUT2D eigenvalue weighted by Gasteiger charge is 2.27. The fourth-order valence-electron chi connectivity index (χ4n) is 2.78. The number of likely N-dealkylation sites (tertiary alicyclic amines) is 1. The molecule has 6 nitrogen and oxygen atoms in total. The monoisotopic (exact) mass is 285 g/mol. The zero-order chi connectivity index (χ0) is 14.7. The van der Waals surface area contributed by atoms with E-state index < -0.39 is 0 Å². The van der Waals surface area contributed by atoms with Crippen LogP contribution in [-0.2, 0) is 6.42 Å². The molecule has 2 heterocycles. The van der Waals surface area contributed by atoms with Gasteiger partial charge in [0, 0.05) is 24.6 Å². The molecular weight excluding hydrogens is 266 g/mol. The van der Waals surface area contributed by atoms with Crippen molar-refractivity contribution in [3.05, 3.63) is 41.2 Å². The summed E-state index contributed by atoms with van der Waals surface area (Å²) in [6.45, 7) is 3.56. The van der Waals surface area contributed by atoms with Crippen molar-refractivity contribution in [2.24, 2.45) is 0 Å². The summed E-state index contributed by atoms with van der Waals surface area (Å²) >= 11 is 0. The Kier molecular flexibility index (Phi) is 3.94. The van der Waals surface area contributed by atoms with Crippen molar-refractivity contribution in [3.8, 4) is 0 Å². The number of H-pyrrole nitrogens is 1. The summed E-state index contributed by atoms with van der Waals surface area (Å²) in [7, 11) is 0. The minimum atomic E-state index is 0.0887. The Hall–Kier alpha value is -2.24. The fourth-order valence-corrected chi connectivity index (χ4v) is 2.78. The van der Waals surface area contributed by atoms with E-state index in [-0.39, 0.29) is 11.8 Å². The zero-order valence-corrected chi connectivity index (χ0v) is 12.1. The molecule has 0 radical (unpaired) electrons. The Bertz CT molecular complexity index is 593. The summed E-state index contributed by atoms with van der Waals surface area (Å²) < 4.78 is 0. The molecule has 0 saturated carbocycles. The molecule has 0 spiro atoms. The molecule has 3 rings (SSSR count). The third kappa shape index (κ3) is 2.94. The van der Waals surface area contributed by atoms with Crippen LogP contribution in [0.25, 0.3) is 0 Å². The topological polar surface area (TPSA) is 74.8 Å². The fraction of sp³-hybridized carbons (Fsp3) is 0.467. The van der Waals surface area contributed by atoms with Crippen molar-refractivity contribution in [1.82, 2.24) is 25.5 Å². The molecule has 2 aromatic rings. The SMILES string of the molecule is CCc1ccc(C(=O)N2CCC[C@H](c3nn[nH]n3)C2)cc1. The number of hydrogen-bond donors (Lipinski definition) is 1. The molecule has 0 bridgehead atoms. The van der Waals surface area contributed by atoms with Crippen LogP contribution in [0.2, 0.25) is 0 Å². The van der Waals surface area contributed by atoms with Crippen molar-refractivity contribution in [1.29, 1.82) is 0 Å². The van der Waals surface area contributed by atoms with E-state index in [0.717, 1.165) is 31.4 Å². The van der Waals surface area contributed by atoms with Gasteiger partial charge in [0.05, 0.1) is 0 Å². The number of carbonyl (C=O) groups excluding carboxylic acids is 1. The molecule has 1 aromatic carbocycles. The molecular formula is C15H19N5O. The summed E-state index contributed by atoms with van der Waals surface area (Å²) in [5.74, 6) is 0.969. The van der Waals surface area contributed by atoms with Gasteiger partial charge in [0.2, 0.25) is 0 Å². The van der Waals surface area contributed by atoms with E-state index in [1.165, 1.54) is 5.56 Å². The Balaban J connectivity index is 1.71. The summed E-state index contributed by atoms with van der Waals surface area (Å²) in [5.41, 5.74) is 2.00. The summed E-state index contributed by atoms with van der Waals surface area (Å²) in [6, 6.07) is 7.87. The van der Waals surface area contributed by atoms with Crippen LogP contribution in [0.5, 0.6) is 0 Å². The lowest BCUT2D eigenvalue weighted by molar-refractivity contribution is 0.0704. The number of tetrazole rings is 1. The Morgan fingerprint density at radius 2 is 2.19 bits per heavy atom. The highest BCUT2D eigenvalue weighted by molar-refractivity contribution is 5.94. The summed E-state index contributed by atoms with van der Waals surface area (Å²) in [4.78, 5) is 14.5. The third-order valence-electron chi connectivity index (χ3n) is 4.04. The predicted molar refractivity (Wildman–Crippen MR) is 77.9 cm³/mol. The van der Waals surface area contributed by atoms with Crippen molar-refractivity contribution in [3.63, 3.8) is 0 Å². The summed E-state index contributed by atoms with van der Waals surface area (Å²) in [6.07, 6.45) is 2.95. The predicted octanol–water partition coefficient (Wildman–Crippen LogP) is 1.78. The number of aromatic amines is 1. The van der Waals surface area contributed by atoms with Crippen LogP contribution in [0.15, 0.2) is 24.3 Å². The van der Waals surface area contributed by atoms with Crippen LogP contribution in [0.1, 0.15) is 47.4 Å². The first-order valence-corrected chi connectivity index (χ1v) is 7.39. The van der Waals surface area contributed by atoms with E-state index in [9.17, 15) is 4.79 Å². The minimum absolute atomic E-state index is 0.0887. The molecule has 21 heavy (non-hydrogen) atoms. The maximum absolute atomic E-state index is 12.6. The average molecular weight is 285 g/mol. The second-order valence-electron chi connectivity index (χ2n) is 5.41. The normalized spacial score (nSPS) is 18.7. The average Bonchev–Trinajstić information content (AvgIpc) is 3.09. The van der Waals surface area contributed by atoms with Gasteiger partial charge in [-0.05, 0) is 37.0 Å². The molecule has 1 fully saturated rings. The van der Waals surface area contributed by atoms with Gasteiger partial charge in [0.1, 0.15) is 0 Å². The van der Waals surface area contributed by atoms with Gasteiger partial charge < -0.3 is 4.90 Å². The van der Waals surface area contributed by atoms with E-state index in [2.05, 4.69) is 27.5 Å². The van der Waals surface area contributed by atoms with E-state index in [4.69, 9.17) is 0 Å². The molecule has 1 aliphatic rings. The Labute approximate surface area is 123 Å². The van der Waals surface area contributed by atoms with Gasteiger partial charge >= 0.3 is 0 Å². The smallest absolute Gasteiger partial charge is 0.253 e. The lowest BCUT2D eigenvalue weighted by Gasteiger charge is -2.31. The quantitative estimate of drug-likeness (QED) is 0.932. The largest absolute Gasteiger partial charge is 0.338 e. The maximum Gasteiger partial charge on any atom is 0.253 e. The summed E-state index contributed by atoms with van der Waals surface area (Å²) in [5, 5.41) is 14.2. The molecule has 1 aliphatic heterocycles. The number of aromatic nitrogens is 4. The van der Waals surface area contributed by atoms with Crippen LogP contribution in [0.3, 0.4) is 0 Å². The zero-order valence-electron chi connectivity index (χ0n) is 12.1. The van der Waals surface area contributed by atoms with Gasteiger partial charge in [0.25, 0.3) is 5.91 Å². The maximum atomic E-state index is 12.6.